The molecule has 0 radical (unpaired) electrons. The standard InChI is InChI=1S/C18H19F3N4O3/c1-4-22-16(27)11(3)23-17(28)15-14(26)9-10(2)25(24-15)13-8-6-5-7-12(13)18(19,20)21/h5-9,11H,4H2,1-3H3,(H,22,27)(H,23,28)/t11-/m1/s1. The fraction of sp³-hybridized carbons (Fsp3) is 0.333. The minimum atomic E-state index is -4.65. The van der Waals surface area contributed by atoms with E-state index in [-0.39, 0.29) is 11.4 Å². The number of benzene rings is 1. The number of para-hydroxylation sites is 1. The Morgan fingerprint density at radius 3 is 2.50 bits per heavy atom. The average molecular weight is 396 g/mol. The van der Waals surface area contributed by atoms with Crippen LogP contribution < -0.4 is 16.1 Å². The lowest BCUT2D eigenvalue weighted by Gasteiger charge is -2.17. The largest absolute Gasteiger partial charge is 0.418 e. The molecule has 10 heteroatoms. The summed E-state index contributed by atoms with van der Waals surface area (Å²) in [5.41, 5.74) is -2.54. The lowest BCUT2D eigenvalue weighted by atomic mass is 10.1. The number of rotatable bonds is 5. The van der Waals surface area contributed by atoms with E-state index in [4.69, 9.17) is 0 Å². The predicted molar refractivity (Wildman–Crippen MR) is 95.2 cm³/mol. The van der Waals surface area contributed by atoms with Crippen LogP contribution in [0.1, 0.15) is 35.6 Å². The Morgan fingerprint density at radius 2 is 1.89 bits per heavy atom. The highest BCUT2D eigenvalue weighted by molar-refractivity contribution is 5.95. The maximum absolute atomic E-state index is 13.3. The molecule has 28 heavy (non-hydrogen) atoms. The van der Waals surface area contributed by atoms with Crippen molar-refractivity contribution in [3.05, 3.63) is 57.5 Å². The molecular formula is C18H19F3N4O3. The minimum absolute atomic E-state index is 0.120. The molecule has 0 aliphatic heterocycles. The van der Waals surface area contributed by atoms with Crippen LogP contribution >= 0.6 is 0 Å². The smallest absolute Gasteiger partial charge is 0.355 e. The van der Waals surface area contributed by atoms with Gasteiger partial charge >= 0.3 is 6.18 Å². The van der Waals surface area contributed by atoms with Crippen LogP contribution in [0.2, 0.25) is 0 Å². The summed E-state index contributed by atoms with van der Waals surface area (Å²) in [5, 5.41) is 8.66. The summed E-state index contributed by atoms with van der Waals surface area (Å²) in [6.07, 6.45) is -4.65. The molecule has 1 heterocycles. The molecule has 0 aliphatic carbocycles. The van der Waals surface area contributed by atoms with Gasteiger partial charge in [-0.2, -0.15) is 18.3 Å². The predicted octanol–water partition coefficient (Wildman–Crippen LogP) is 1.81. The van der Waals surface area contributed by atoms with E-state index < -0.39 is 40.7 Å². The van der Waals surface area contributed by atoms with Gasteiger partial charge in [0.15, 0.2) is 5.69 Å². The van der Waals surface area contributed by atoms with Crippen LogP contribution in [0, 0.1) is 6.92 Å². The molecule has 0 aliphatic rings. The van der Waals surface area contributed by atoms with Crippen LogP contribution in [0.15, 0.2) is 35.1 Å². The Bertz CT molecular complexity index is 954. The molecule has 0 spiro atoms. The van der Waals surface area contributed by atoms with E-state index in [1.807, 2.05) is 0 Å². The first kappa shape index (κ1) is 21.1. The zero-order valence-corrected chi connectivity index (χ0v) is 15.4. The van der Waals surface area contributed by atoms with Crippen LogP contribution in [0.25, 0.3) is 5.69 Å². The molecule has 1 atom stereocenters. The van der Waals surface area contributed by atoms with Gasteiger partial charge in [-0.05, 0) is 32.9 Å². The molecule has 0 fully saturated rings. The third-order valence-electron chi connectivity index (χ3n) is 3.85. The quantitative estimate of drug-likeness (QED) is 0.806. The second-order valence-electron chi connectivity index (χ2n) is 6.02. The Balaban J connectivity index is 2.48. The van der Waals surface area contributed by atoms with Crippen molar-refractivity contribution in [2.24, 2.45) is 0 Å². The molecule has 0 bridgehead atoms. The highest BCUT2D eigenvalue weighted by Crippen LogP contribution is 2.33. The third kappa shape index (κ3) is 4.56. The summed E-state index contributed by atoms with van der Waals surface area (Å²) in [5.74, 6) is -1.42. The number of alkyl halides is 3. The second-order valence-corrected chi connectivity index (χ2v) is 6.02. The van der Waals surface area contributed by atoms with Gasteiger partial charge in [-0.25, -0.2) is 4.68 Å². The lowest BCUT2D eigenvalue weighted by molar-refractivity contribution is -0.137. The van der Waals surface area contributed by atoms with Gasteiger partial charge in [0.25, 0.3) is 5.91 Å². The number of amides is 2. The number of nitrogens with zero attached hydrogens (tertiary/aromatic N) is 2. The van der Waals surface area contributed by atoms with Crippen molar-refractivity contribution in [1.82, 2.24) is 20.4 Å². The first-order valence-electron chi connectivity index (χ1n) is 8.42. The molecule has 2 rings (SSSR count). The third-order valence-corrected chi connectivity index (χ3v) is 3.85. The maximum Gasteiger partial charge on any atom is 0.418 e. The van der Waals surface area contributed by atoms with Crippen molar-refractivity contribution in [1.29, 1.82) is 0 Å². The van der Waals surface area contributed by atoms with Crippen molar-refractivity contribution in [2.45, 2.75) is 33.0 Å². The molecule has 2 aromatic rings. The van der Waals surface area contributed by atoms with Crippen molar-refractivity contribution in [3.63, 3.8) is 0 Å². The molecule has 1 aromatic carbocycles. The van der Waals surface area contributed by atoms with E-state index in [1.165, 1.54) is 32.0 Å². The molecular weight excluding hydrogens is 377 g/mol. The fourth-order valence-corrected chi connectivity index (χ4v) is 2.50. The van der Waals surface area contributed by atoms with E-state index in [1.54, 1.807) is 6.92 Å². The van der Waals surface area contributed by atoms with Gasteiger partial charge in [0.05, 0.1) is 11.3 Å². The average Bonchev–Trinajstić information content (AvgIpc) is 2.61. The Morgan fingerprint density at radius 1 is 1.25 bits per heavy atom. The van der Waals surface area contributed by atoms with Crippen LogP contribution in [0.4, 0.5) is 13.2 Å². The van der Waals surface area contributed by atoms with E-state index in [9.17, 15) is 27.6 Å². The highest BCUT2D eigenvalue weighted by atomic mass is 19.4. The second kappa shape index (κ2) is 8.24. The summed E-state index contributed by atoms with van der Waals surface area (Å²) >= 11 is 0. The summed E-state index contributed by atoms with van der Waals surface area (Å²) in [4.78, 5) is 36.3. The van der Waals surface area contributed by atoms with Gasteiger partial charge in [-0.1, -0.05) is 12.1 Å². The van der Waals surface area contributed by atoms with Gasteiger partial charge in [-0.3, -0.25) is 14.4 Å². The lowest BCUT2D eigenvalue weighted by Crippen LogP contribution is -2.46. The number of likely N-dealkylation sites (N-methyl/N-ethyl adjacent to an activating group) is 1. The van der Waals surface area contributed by atoms with Crippen molar-refractivity contribution in [3.8, 4) is 5.69 Å². The molecule has 150 valence electrons. The SMILES string of the molecule is CCNC(=O)[C@@H](C)NC(=O)c1nn(-c2ccccc2C(F)(F)F)c(C)cc1=O. The Labute approximate surface area is 158 Å². The van der Waals surface area contributed by atoms with E-state index >= 15 is 0 Å². The molecule has 0 unspecified atom stereocenters. The monoisotopic (exact) mass is 396 g/mol. The van der Waals surface area contributed by atoms with E-state index in [2.05, 4.69) is 15.7 Å². The van der Waals surface area contributed by atoms with Gasteiger partial charge in [0, 0.05) is 18.3 Å². The number of hydrogen-bond donors (Lipinski definition) is 2. The number of halogens is 3. The topological polar surface area (TPSA) is 93.1 Å². The van der Waals surface area contributed by atoms with Crippen LogP contribution in [-0.2, 0) is 11.0 Å². The summed E-state index contributed by atoms with van der Waals surface area (Å²) in [7, 11) is 0. The van der Waals surface area contributed by atoms with Crippen molar-refractivity contribution >= 4 is 11.8 Å². The minimum Gasteiger partial charge on any atom is -0.355 e. The van der Waals surface area contributed by atoms with Crippen LogP contribution in [0.3, 0.4) is 0 Å². The number of aromatic nitrogens is 2. The first-order chi connectivity index (χ1) is 13.1. The molecule has 0 saturated heterocycles. The van der Waals surface area contributed by atoms with Crippen LogP contribution in [0.5, 0.6) is 0 Å². The number of aryl methyl sites for hydroxylation is 1. The van der Waals surface area contributed by atoms with Gasteiger partial charge in [-0.15, -0.1) is 0 Å². The van der Waals surface area contributed by atoms with E-state index in [0.29, 0.717) is 6.54 Å². The molecule has 7 nitrogen and oxygen atoms in total. The summed E-state index contributed by atoms with van der Waals surface area (Å²) in [6.45, 7) is 4.86. The summed E-state index contributed by atoms with van der Waals surface area (Å²) in [6, 6.07) is 4.75. The normalized spacial score (nSPS) is 12.4. The number of carbonyl (C=O) groups is 2. The van der Waals surface area contributed by atoms with Gasteiger partial charge in [0.1, 0.15) is 6.04 Å². The molecule has 0 saturated carbocycles. The number of hydrogen-bond acceptors (Lipinski definition) is 4. The van der Waals surface area contributed by atoms with Crippen molar-refractivity contribution < 1.29 is 22.8 Å². The molecule has 2 amide bonds. The fourth-order valence-electron chi connectivity index (χ4n) is 2.50. The maximum atomic E-state index is 13.3. The zero-order chi connectivity index (χ0) is 21.1. The molecule has 2 N–H and O–H groups in total. The highest BCUT2D eigenvalue weighted by Gasteiger charge is 2.34. The summed E-state index contributed by atoms with van der Waals surface area (Å²) < 4.78 is 40.8. The Kier molecular flexibility index (Phi) is 6.22. The van der Waals surface area contributed by atoms with E-state index in [0.717, 1.165) is 16.8 Å². The number of carbonyl (C=O) groups excluding carboxylic acids is 2. The first-order valence-corrected chi connectivity index (χ1v) is 8.42. The van der Waals surface area contributed by atoms with Crippen molar-refractivity contribution in [2.75, 3.05) is 6.54 Å². The Hall–Kier alpha value is -3.17. The number of nitrogens with one attached hydrogen (secondary N) is 2. The van der Waals surface area contributed by atoms with Gasteiger partial charge in [0.2, 0.25) is 11.3 Å². The zero-order valence-electron chi connectivity index (χ0n) is 15.4. The molecule has 1 aromatic heterocycles. The van der Waals surface area contributed by atoms with Crippen LogP contribution in [-0.4, -0.2) is 34.2 Å². The van der Waals surface area contributed by atoms with Gasteiger partial charge < -0.3 is 10.6 Å².